The monoisotopic (exact) mass is 1830 g/mol. The molecule has 32 nitrogen and oxygen atoms in total. The second-order valence-corrected chi connectivity index (χ2v) is 29.3. The minimum Gasteiger partial charge on any atom is -0.488 e. The molecule has 126 heavy (non-hydrogen) atoms. The molecule has 8 heterocycles. The summed E-state index contributed by atoms with van der Waals surface area (Å²) < 4.78 is 139. The van der Waals surface area contributed by atoms with E-state index >= 15 is 0 Å². The molecule has 0 bridgehead atoms. The van der Waals surface area contributed by atoms with Crippen molar-refractivity contribution in [2.45, 2.75) is 43.9 Å². The van der Waals surface area contributed by atoms with E-state index in [1.54, 1.807) is 48.6 Å². The largest absolute Gasteiger partial charge is 0.488 e. The number of aromatic nitrogens is 10. The smallest absolute Gasteiger partial charge is 0.311 e. The van der Waals surface area contributed by atoms with Crippen molar-refractivity contribution in [2.75, 3.05) is 87.3 Å². The van der Waals surface area contributed by atoms with E-state index in [-0.39, 0.29) is 102 Å². The highest BCUT2D eigenvalue weighted by atomic mass is 35.5. The zero-order valence-corrected chi connectivity index (χ0v) is 69.1. The number of nitrogen functional groups attached to an aromatic ring is 1. The average molecular weight is 1830 g/mol. The van der Waals surface area contributed by atoms with Crippen LogP contribution in [-0.2, 0) is 25.4 Å². The molecule has 9 aromatic carbocycles. The van der Waals surface area contributed by atoms with Crippen LogP contribution in [0.25, 0.3) is 54.5 Å². The summed E-state index contributed by atoms with van der Waals surface area (Å²) in [5.41, 5.74) is 9.38. The maximum absolute atomic E-state index is 13.6. The van der Waals surface area contributed by atoms with Crippen molar-refractivity contribution >= 4 is 187 Å². The number of nitrogens with one attached hydrogen (secondary N) is 4. The third-order valence-electron chi connectivity index (χ3n) is 18.2. The van der Waals surface area contributed by atoms with Gasteiger partial charge in [-0.1, -0.05) is 64.1 Å². The van der Waals surface area contributed by atoms with Crippen LogP contribution in [0.4, 0.5) is 95.1 Å². The van der Waals surface area contributed by atoms with Gasteiger partial charge >= 0.3 is 17.1 Å². The number of nitro benzene ring substituents is 3. The van der Waals surface area contributed by atoms with Crippen molar-refractivity contribution in [3.63, 3.8) is 0 Å². The quantitative estimate of drug-likeness (QED) is 0.0105. The fraction of sp³-hybridized carbons (Fsp3) is 0.193. The molecule has 0 amide bonds. The number of nitrogens with zero attached hydrogens (tertiary/aromatic N) is 14. The molecule has 3 atom stereocenters. The van der Waals surface area contributed by atoms with Gasteiger partial charge in [0.1, 0.15) is 113 Å². The summed E-state index contributed by atoms with van der Waals surface area (Å²) in [6.45, 7) is 2.26. The van der Waals surface area contributed by atoms with Crippen molar-refractivity contribution < 1.29 is 78.4 Å². The van der Waals surface area contributed by atoms with Gasteiger partial charge in [0.05, 0.1) is 123 Å². The number of hydrogen-bond donors (Lipinski definition) is 5. The maximum Gasteiger partial charge on any atom is 0.311 e. The summed E-state index contributed by atoms with van der Waals surface area (Å²) in [5.74, 6) is -2.05. The summed E-state index contributed by atoms with van der Waals surface area (Å²) in [5, 5.41) is 47.0. The van der Waals surface area contributed by atoms with Crippen LogP contribution < -0.4 is 41.2 Å². The van der Waals surface area contributed by atoms with Crippen molar-refractivity contribution in [3.05, 3.63) is 273 Å². The van der Waals surface area contributed by atoms with Gasteiger partial charge in [0, 0.05) is 125 Å². The van der Waals surface area contributed by atoms with Crippen molar-refractivity contribution in [3.8, 4) is 17.2 Å². The molecule has 6 N–H and O–H groups in total. The summed E-state index contributed by atoms with van der Waals surface area (Å²) in [4.78, 5) is 86.0. The molecular formula is C83H66Cl5F6N19O13. The molecule has 3 aliphatic rings. The number of ketones is 1. The van der Waals surface area contributed by atoms with Gasteiger partial charge in [-0.05, 0) is 105 Å². The van der Waals surface area contributed by atoms with E-state index in [0.29, 0.717) is 135 Å². The predicted octanol–water partition coefficient (Wildman–Crippen LogP) is 19.3. The number of nitrogens with two attached hydrogens (primary N) is 1. The molecule has 0 aliphatic carbocycles. The van der Waals surface area contributed by atoms with E-state index in [4.69, 9.17) is 96.3 Å². The molecule has 3 aliphatic heterocycles. The van der Waals surface area contributed by atoms with Crippen LogP contribution >= 0.6 is 58.0 Å². The normalized spacial score (nSPS) is 16.7. The Balaban J connectivity index is 0.000000140. The lowest BCUT2D eigenvalue weighted by atomic mass is 10.0. The van der Waals surface area contributed by atoms with Crippen molar-refractivity contribution in [2.24, 2.45) is 0 Å². The lowest BCUT2D eigenvalue weighted by Gasteiger charge is -2.17. The van der Waals surface area contributed by atoms with Crippen LogP contribution in [-0.4, -0.2) is 154 Å². The molecule has 43 heteroatoms. The Hall–Kier alpha value is -13.4. The van der Waals surface area contributed by atoms with E-state index in [1.165, 1.54) is 92.0 Å². The first-order valence-corrected chi connectivity index (χ1v) is 39.0. The minimum absolute atomic E-state index is 0.00749. The molecule has 648 valence electrons. The van der Waals surface area contributed by atoms with Crippen LogP contribution in [0.5, 0.6) is 17.2 Å². The first kappa shape index (κ1) is 86.1. The first-order chi connectivity index (χ1) is 61.5. The Bertz CT molecular complexity index is 6690. The second-order valence-electron chi connectivity index (χ2n) is 27.3. The van der Waals surface area contributed by atoms with Gasteiger partial charge in [-0.15, -0.1) is 0 Å². The fourth-order valence-electron chi connectivity index (χ4n) is 12.2. The van der Waals surface area contributed by atoms with Gasteiger partial charge in [0.2, 0.25) is 11.6 Å². The Morgan fingerprint density at radius 2 is 0.786 bits per heavy atom. The van der Waals surface area contributed by atoms with Crippen LogP contribution in [0.3, 0.4) is 0 Å². The number of allylic oxidation sites excluding steroid dienone is 1. The molecule has 0 radical (unpaired) electrons. The number of likely N-dealkylation sites (N-methyl/N-ethyl adjacent to an activating group) is 1. The van der Waals surface area contributed by atoms with E-state index in [9.17, 15) is 61.5 Å². The third-order valence-corrected chi connectivity index (χ3v) is 19.7. The van der Waals surface area contributed by atoms with Crippen molar-refractivity contribution in [1.82, 2.24) is 54.7 Å². The number of carbonyl (C=O) groups excluding carboxylic acids is 1. The Morgan fingerprint density at radius 1 is 0.452 bits per heavy atom. The number of nitro groups is 3. The Kier molecular flexibility index (Phi) is 28.3. The van der Waals surface area contributed by atoms with Gasteiger partial charge in [-0.2, -0.15) is 8.78 Å². The van der Waals surface area contributed by atoms with Gasteiger partial charge in [0.15, 0.2) is 11.5 Å². The molecule has 3 fully saturated rings. The molecule has 0 spiro atoms. The highest BCUT2D eigenvalue weighted by molar-refractivity contribution is 6.34. The first-order valence-electron chi connectivity index (χ1n) is 38.7. The van der Waals surface area contributed by atoms with Crippen LogP contribution in [0.15, 0.2) is 177 Å². The number of anilines is 9. The SMILES string of the molecule is O=[N+]([O-])c1cc2c(Cl)ncnc2cc1F.O=[N+]([O-])c1cc2c(Nc3ccc(F)c(Cl)c3)ncnc2cc1F.[2H]C1(Oc2cc3ncnc(Nc4ccc(F)c(Cl)c4)c3cc2CC(=O)/C=C/CN(C)C)CCOC1.[2H]C1(Oc2cc3ncnc(Nc4ccc(F)c(Cl)c4)c3cc2N)CCOC1.[2H]C1(Oc2cc3ncnc(Nc4ccc(F)c(Cl)c4)c3cc2[N+](=O)[O-])CCOC1. The fourth-order valence-corrected chi connectivity index (χ4v) is 13.1. The molecular weight excluding hydrogens is 1760 g/mol. The van der Waals surface area contributed by atoms with Crippen LogP contribution in [0, 0.1) is 65.2 Å². The Labute approximate surface area is 738 Å². The van der Waals surface area contributed by atoms with Crippen LogP contribution in [0.2, 0.25) is 25.2 Å². The zero-order valence-electron chi connectivity index (χ0n) is 68.3. The highest BCUT2D eigenvalue weighted by Gasteiger charge is 2.28. The predicted molar refractivity (Wildman–Crippen MR) is 462 cm³/mol. The number of benzene rings is 9. The number of rotatable bonds is 22. The summed E-state index contributed by atoms with van der Waals surface area (Å²) in [6.07, 6.45) is 7.23. The van der Waals surface area contributed by atoms with E-state index in [2.05, 4.69) is 71.1 Å². The molecule has 17 rings (SSSR count). The third kappa shape index (κ3) is 23.1. The lowest BCUT2D eigenvalue weighted by molar-refractivity contribution is -0.387. The summed E-state index contributed by atoms with van der Waals surface area (Å²) >= 11 is 28.9. The summed E-state index contributed by atoms with van der Waals surface area (Å²) in [6, 6.07) is 30.0. The van der Waals surface area contributed by atoms with E-state index in [1.807, 2.05) is 19.0 Å². The number of carbonyl (C=O) groups is 1. The molecule has 14 aromatic rings. The number of hydrogen-bond acceptors (Lipinski definition) is 29. The molecule has 5 aromatic heterocycles. The molecule has 0 saturated carbocycles. The zero-order chi connectivity index (χ0) is 92.2. The van der Waals surface area contributed by atoms with E-state index in [0.717, 1.165) is 36.7 Å². The number of ether oxygens (including phenoxy) is 6. The van der Waals surface area contributed by atoms with Gasteiger partial charge < -0.3 is 60.3 Å². The standard InChI is InChI=1S/C25H26ClFN4O3.C18H14ClFN4O4.C18H16ClFN4O2.C14H7ClF2N4O2.C8H3ClFN3O2/c1-31(2)8-3-4-18(32)10-16-11-20-23(13-24(16)34-19-7-9-33-14-19)28-15-29-25(20)30-17-5-6-22(27)21(26)12-17;19-13-5-10(1-2-14(13)20)23-18-12-6-16(24(25)26)17(7-15(12)21-9-22-18)28-11-3-4-27-8-11;19-13-5-10(1-2-14(13)20)24-18-12-6-15(21)17(7-16(12)22-9-23-18)26-11-3-4-25-8-11;15-9-3-7(1-2-10(9)16)20-14-8-4-13(21(22)23)11(17)5-12(8)18-6-19-14;9-8-4-1-7(13(14)15)5(10)2-6(4)11-3-12-8/h3-6,11-13,15,19H,7-10,14H2,1-2H3,(H,28,29,30);1-2,5-7,9,11H,3-4,8H2,(H,21,22,23);1-2,5-7,9,11H,3-4,8,21H2,(H,22,23,24);1-6H,(H,18,19,20);1-3H/b4-3+;;;;/i19D;2*11D;;. The van der Waals surface area contributed by atoms with Crippen molar-refractivity contribution in [1.29, 1.82) is 0 Å². The van der Waals surface area contributed by atoms with Crippen LogP contribution in [0.1, 0.15) is 28.9 Å². The number of halogens is 11. The van der Waals surface area contributed by atoms with E-state index < -0.39 is 79.3 Å². The number of fused-ring (bicyclic) bond motifs is 5. The Morgan fingerprint density at radius 3 is 1.17 bits per heavy atom. The topological polar surface area (TPSA) is 408 Å². The van der Waals surface area contributed by atoms with Gasteiger partial charge in [0.25, 0.3) is 0 Å². The van der Waals surface area contributed by atoms with Gasteiger partial charge in [-0.3, -0.25) is 35.1 Å². The van der Waals surface area contributed by atoms with Gasteiger partial charge in [-0.25, -0.2) is 67.4 Å². The second kappa shape index (κ2) is 41.4. The average Bonchev–Trinajstić information content (AvgIpc) is 1.60. The maximum atomic E-state index is 13.6. The minimum atomic E-state index is -1.39. The highest BCUT2D eigenvalue weighted by Crippen LogP contribution is 2.40. The molecule has 3 saturated heterocycles. The summed E-state index contributed by atoms with van der Waals surface area (Å²) in [7, 11) is 3.84. The lowest BCUT2D eigenvalue weighted by Crippen LogP contribution is -2.17. The molecule has 3 unspecified atom stereocenters.